The van der Waals surface area contributed by atoms with Crippen LogP contribution in [0.5, 0.6) is 0 Å². The number of piperazine rings is 1. The van der Waals surface area contributed by atoms with Gasteiger partial charge in [0.1, 0.15) is 6.04 Å². The van der Waals surface area contributed by atoms with E-state index in [2.05, 4.69) is 29.8 Å². The molecule has 6 heteroatoms. The Kier molecular flexibility index (Phi) is 4.73. The first-order valence-corrected chi connectivity index (χ1v) is 7.58. The molecule has 108 valence electrons. The highest BCUT2D eigenvalue weighted by molar-refractivity contribution is 7.80. The van der Waals surface area contributed by atoms with Gasteiger partial charge in [-0.15, -0.1) is 0 Å². The Hall–Kier alpha value is -0.750. The number of fused-ring (bicyclic) bond motifs is 1. The van der Waals surface area contributed by atoms with Crippen LogP contribution in [0, 0.1) is 0 Å². The molecule has 3 unspecified atom stereocenters. The zero-order valence-corrected chi connectivity index (χ0v) is 12.5. The summed E-state index contributed by atoms with van der Waals surface area (Å²) >= 11 is 4.18. The lowest BCUT2D eigenvalue weighted by Gasteiger charge is -2.43. The Morgan fingerprint density at radius 3 is 2.79 bits per heavy atom. The van der Waals surface area contributed by atoms with Gasteiger partial charge in [-0.05, 0) is 26.3 Å². The molecule has 2 aliphatic heterocycles. The highest BCUT2D eigenvalue weighted by atomic mass is 32.1. The lowest BCUT2D eigenvalue weighted by Crippen LogP contribution is -2.60. The van der Waals surface area contributed by atoms with Gasteiger partial charge in [0, 0.05) is 37.8 Å². The van der Waals surface area contributed by atoms with Crippen molar-refractivity contribution in [3.8, 4) is 0 Å². The zero-order chi connectivity index (χ0) is 14.0. The van der Waals surface area contributed by atoms with Crippen molar-refractivity contribution in [2.24, 2.45) is 0 Å². The molecule has 2 fully saturated rings. The first-order chi connectivity index (χ1) is 9.02. The molecule has 0 aliphatic carbocycles. The highest BCUT2D eigenvalue weighted by Crippen LogP contribution is 2.25. The number of carbonyl (C=O) groups excluding carboxylic acids is 2. The lowest BCUT2D eigenvalue weighted by molar-refractivity contribution is -0.140. The van der Waals surface area contributed by atoms with Crippen molar-refractivity contribution in [3.05, 3.63) is 0 Å². The van der Waals surface area contributed by atoms with Crippen LogP contribution >= 0.6 is 12.6 Å². The molecule has 2 saturated heterocycles. The third-order valence-corrected chi connectivity index (χ3v) is 4.44. The number of rotatable bonds is 3. The van der Waals surface area contributed by atoms with E-state index in [9.17, 15) is 9.59 Å². The van der Waals surface area contributed by atoms with Crippen LogP contribution in [-0.2, 0) is 9.59 Å². The molecule has 0 spiro atoms. The third-order valence-electron chi connectivity index (χ3n) is 4.08. The van der Waals surface area contributed by atoms with Crippen LogP contribution in [0.4, 0.5) is 0 Å². The van der Waals surface area contributed by atoms with Crippen molar-refractivity contribution in [2.45, 2.75) is 44.8 Å². The van der Waals surface area contributed by atoms with E-state index < -0.39 is 6.04 Å². The van der Waals surface area contributed by atoms with Gasteiger partial charge in [-0.1, -0.05) is 0 Å². The highest BCUT2D eigenvalue weighted by Gasteiger charge is 2.38. The van der Waals surface area contributed by atoms with Gasteiger partial charge in [-0.2, -0.15) is 12.6 Å². The molecule has 2 aliphatic rings. The number of thiol groups is 1. The Morgan fingerprint density at radius 1 is 1.42 bits per heavy atom. The molecule has 0 aromatic carbocycles. The molecule has 5 nitrogen and oxygen atoms in total. The minimum Gasteiger partial charge on any atom is -0.344 e. The molecular weight excluding hydrogens is 262 g/mol. The number of nitrogens with zero attached hydrogens (tertiary/aromatic N) is 2. The normalized spacial score (nSPS) is 28.9. The fourth-order valence-corrected chi connectivity index (χ4v) is 3.37. The molecule has 2 amide bonds. The van der Waals surface area contributed by atoms with Crippen molar-refractivity contribution in [1.82, 2.24) is 15.1 Å². The second kappa shape index (κ2) is 6.13. The molecule has 19 heavy (non-hydrogen) atoms. The van der Waals surface area contributed by atoms with E-state index in [4.69, 9.17) is 0 Å². The summed E-state index contributed by atoms with van der Waals surface area (Å²) in [5, 5.41) is 2.69. The van der Waals surface area contributed by atoms with E-state index in [0.717, 1.165) is 19.6 Å². The summed E-state index contributed by atoms with van der Waals surface area (Å²) in [5.74, 6) is 0.166. The van der Waals surface area contributed by atoms with Crippen LogP contribution in [0.1, 0.15) is 26.7 Å². The smallest absolute Gasteiger partial charge is 0.246 e. The van der Waals surface area contributed by atoms with Gasteiger partial charge in [-0.3, -0.25) is 14.5 Å². The molecule has 2 rings (SSSR count). The van der Waals surface area contributed by atoms with Crippen molar-refractivity contribution in [3.63, 3.8) is 0 Å². The van der Waals surface area contributed by atoms with E-state index >= 15 is 0 Å². The number of nitrogens with one attached hydrogen (secondary N) is 1. The van der Waals surface area contributed by atoms with Gasteiger partial charge in [-0.25, -0.2) is 0 Å². The van der Waals surface area contributed by atoms with Gasteiger partial charge < -0.3 is 10.2 Å². The maximum absolute atomic E-state index is 12.5. The van der Waals surface area contributed by atoms with Crippen molar-refractivity contribution in [2.75, 3.05) is 25.4 Å². The van der Waals surface area contributed by atoms with E-state index in [1.165, 1.54) is 19.8 Å². The average Bonchev–Trinajstić information content (AvgIpc) is 2.80. The second-order valence-electron chi connectivity index (χ2n) is 5.57. The molecule has 3 atom stereocenters. The van der Waals surface area contributed by atoms with Gasteiger partial charge in [0.15, 0.2) is 0 Å². The van der Waals surface area contributed by atoms with Crippen molar-refractivity contribution < 1.29 is 9.59 Å². The Labute approximate surface area is 120 Å². The summed E-state index contributed by atoms with van der Waals surface area (Å²) < 4.78 is 0. The van der Waals surface area contributed by atoms with Crippen LogP contribution < -0.4 is 5.32 Å². The van der Waals surface area contributed by atoms with Gasteiger partial charge in [0.25, 0.3) is 0 Å². The summed E-state index contributed by atoms with van der Waals surface area (Å²) in [5.41, 5.74) is 0. The van der Waals surface area contributed by atoms with Gasteiger partial charge in [0.05, 0.1) is 0 Å². The molecule has 0 bridgehead atoms. The molecule has 0 aromatic heterocycles. The predicted molar refractivity (Wildman–Crippen MR) is 77.2 cm³/mol. The minimum atomic E-state index is -0.503. The standard InChI is InChI=1S/C13H23N3O2S/c1-9-6-15-5-3-4-11(15)7-16(9)13(18)12(8-19)14-10(2)17/h9,11-12,19H,3-8H2,1-2H3,(H,14,17). The zero-order valence-electron chi connectivity index (χ0n) is 11.6. The molecule has 1 N–H and O–H groups in total. The minimum absolute atomic E-state index is 0.00394. The largest absolute Gasteiger partial charge is 0.344 e. The first-order valence-electron chi connectivity index (χ1n) is 6.95. The summed E-state index contributed by atoms with van der Waals surface area (Å²) in [7, 11) is 0. The number of carbonyl (C=O) groups is 2. The maximum Gasteiger partial charge on any atom is 0.246 e. The molecule has 0 aromatic rings. The summed E-state index contributed by atoms with van der Waals surface area (Å²) in [6.45, 7) is 6.39. The van der Waals surface area contributed by atoms with E-state index in [0.29, 0.717) is 11.8 Å². The SMILES string of the molecule is CC(=O)NC(CS)C(=O)N1CC2CCCN2CC1C. The number of hydrogen-bond acceptors (Lipinski definition) is 4. The van der Waals surface area contributed by atoms with E-state index in [1.807, 2.05) is 4.90 Å². The van der Waals surface area contributed by atoms with Crippen molar-refractivity contribution in [1.29, 1.82) is 0 Å². The molecule has 0 saturated carbocycles. The maximum atomic E-state index is 12.5. The van der Waals surface area contributed by atoms with Crippen molar-refractivity contribution >= 4 is 24.4 Å². The fourth-order valence-electron chi connectivity index (χ4n) is 3.13. The summed E-state index contributed by atoms with van der Waals surface area (Å²) in [6, 6.07) is 0.201. The molecular formula is C13H23N3O2S. The lowest BCUT2D eigenvalue weighted by atomic mass is 10.1. The fraction of sp³-hybridized carbons (Fsp3) is 0.846. The second-order valence-corrected chi connectivity index (χ2v) is 5.93. The van der Waals surface area contributed by atoms with Gasteiger partial charge >= 0.3 is 0 Å². The van der Waals surface area contributed by atoms with E-state index in [1.54, 1.807) is 0 Å². The van der Waals surface area contributed by atoms with Crippen LogP contribution in [0.15, 0.2) is 0 Å². The van der Waals surface area contributed by atoms with Crippen LogP contribution in [0.2, 0.25) is 0 Å². The molecule has 0 radical (unpaired) electrons. The van der Waals surface area contributed by atoms with E-state index in [-0.39, 0.29) is 17.9 Å². The Balaban J connectivity index is 2.02. The van der Waals surface area contributed by atoms with Crippen LogP contribution in [0.3, 0.4) is 0 Å². The number of amides is 2. The van der Waals surface area contributed by atoms with Crippen LogP contribution in [-0.4, -0.2) is 65.1 Å². The third kappa shape index (κ3) is 3.23. The van der Waals surface area contributed by atoms with Gasteiger partial charge in [0.2, 0.25) is 11.8 Å². The molecule has 2 heterocycles. The topological polar surface area (TPSA) is 52.7 Å². The first kappa shape index (κ1) is 14.7. The predicted octanol–water partition coefficient (Wildman–Crippen LogP) is 0.116. The monoisotopic (exact) mass is 285 g/mol. The summed E-state index contributed by atoms with van der Waals surface area (Å²) in [4.78, 5) is 28.0. The quantitative estimate of drug-likeness (QED) is 0.724. The number of hydrogen-bond donors (Lipinski definition) is 2. The van der Waals surface area contributed by atoms with Crippen LogP contribution in [0.25, 0.3) is 0 Å². The average molecular weight is 285 g/mol. The Morgan fingerprint density at radius 2 is 2.16 bits per heavy atom. The summed E-state index contributed by atoms with van der Waals surface area (Å²) in [6.07, 6.45) is 2.39. The Bertz CT molecular complexity index is 364.